The molecule has 0 radical (unpaired) electrons. The lowest BCUT2D eigenvalue weighted by Crippen LogP contribution is -2.21. The van der Waals surface area contributed by atoms with Crippen molar-refractivity contribution >= 4 is 5.84 Å². The molecule has 0 aromatic carbocycles. The Morgan fingerprint density at radius 2 is 1.94 bits per heavy atom. The molecule has 0 fully saturated rings. The Labute approximate surface area is 211 Å². The van der Waals surface area contributed by atoms with Crippen molar-refractivity contribution in [3.05, 3.63) is 133 Å². The fourth-order valence-electron chi connectivity index (χ4n) is 2.77. The van der Waals surface area contributed by atoms with Crippen molar-refractivity contribution in [2.75, 3.05) is 6.61 Å². The predicted octanol–water partition coefficient (Wildman–Crippen LogP) is 6.73. The number of allylic oxidation sites excluding steroid dienone is 12. The standard InChI is InChI=1S/C31H37N3O/c1-9-14-15-18-24(6)23-35-26(8)19-20-29(13-5)32-22-28-21-30(27(16-10-2)17-11-3)34-31(28)33-25(7)12-4/h4,9-11,13-22,25,32H,1-2,5,23H2,3,6-8H3,(H,33,34)/b15-14-,17-11-,24-18+,26-19+,27-16+,28-22+,29-20+. The molecule has 1 heterocycles. The van der Waals surface area contributed by atoms with E-state index in [2.05, 4.69) is 41.3 Å². The van der Waals surface area contributed by atoms with Crippen LogP contribution in [0.4, 0.5) is 0 Å². The minimum absolute atomic E-state index is 0.260. The summed E-state index contributed by atoms with van der Waals surface area (Å²) in [5, 5.41) is 6.65. The average Bonchev–Trinajstić information content (AvgIpc) is 3.25. The summed E-state index contributed by atoms with van der Waals surface area (Å²) in [6.45, 7) is 19.7. The highest BCUT2D eigenvalue weighted by Crippen LogP contribution is 2.20. The van der Waals surface area contributed by atoms with Gasteiger partial charge in [0, 0.05) is 23.2 Å². The van der Waals surface area contributed by atoms with Gasteiger partial charge in [-0.3, -0.25) is 4.99 Å². The summed E-state index contributed by atoms with van der Waals surface area (Å²) >= 11 is 0. The van der Waals surface area contributed by atoms with E-state index in [1.165, 1.54) is 0 Å². The molecule has 4 nitrogen and oxygen atoms in total. The Morgan fingerprint density at radius 1 is 1.17 bits per heavy atom. The third-order valence-electron chi connectivity index (χ3n) is 4.61. The molecule has 0 aromatic heterocycles. The Kier molecular flexibility index (Phi) is 13.5. The SMILES string of the molecule is C#CC(C)/N=C1/NC(C(/C=C\C)=C/C=C)=C/C1=C\N/C(C=C)=C/C=C(\C)OC/C(C)=C/C=C\C=C. The van der Waals surface area contributed by atoms with Crippen LogP contribution in [0.15, 0.2) is 138 Å². The zero-order valence-corrected chi connectivity index (χ0v) is 21.3. The Morgan fingerprint density at radius 3 is 2.57 bits per heavy atom. The summed E-state index contributed by atoms with van der Waals surface area (Å²) in [7, 11) is 0. The van der Waals surface area contributed by atoms with Crippen LogP contribution in [0.3, 0.4) is 0 Å². The highest BCUT2D eigenvalue weighted by molar-refractivity contribution is 6.05. The van der Waals surface area contributed by atoms with E-state index in [0.717, 1.165) is 33.9 Å². The molecule has 4 heteroatoms. The molecule has 0 saturated carbocycles. The van der Waals surface area contributed by atoms with Crippen molar-refractivity contribution in [1.82, 2.24) is 10.6 Å². The van der Waals surface area contributed by atoms with E-state index in [-0.39, 0.29) is 6.04 Å². The minimum atomic E-state index is -0.260. The largest absolute Gasteiger partial charge is 0.494 e. The van der Waals surface area contributed by atoms with Gasteiger partial charge in [0.05, 0.1) is 5.76 Å². The van der Waals surface area contributed by atoms with Gasteiger partial charge in [0.1, 0.15) is 18.5 Å². The zero-order chi connectivity index (χ0) is 26.1. The molecular weight excluding hydrogens is 430 g/mol. The highest BCUT2D eigenvalue weighted by atomic mass is 16.5. The first-order chi connectivity index (χ1) is 16.9. The van der Waals surface area contributed by atoms with Crippen LogP contribution in [0, 0.1) is 12.3 Å². The average molecular weight is 468 g/mol. The van der Waals surface area contributed by atoms with Gasteiger partial charge in [-0.1, -0.05) is 74.3 Å². The van der Waals surface area contributed by atoms with Crippen LogP contribution < -0.4 is 10.6 Å². The van der Waals surface area contributed by atoms with Crippen LogP contribution in [0.2, 0.25) is 0 Å². The molecule has 182 valence electrons. The third-order valence-corrected chi connectivity index (χ3v) is 4.61. The smallest absolute Gasteiger partial charge is 0.135 e. The van der Waals surface area contributed by atoms with Crippen molar-refractivity contribution in [2.45, 2.75) is 33.7 Å². The lowest BCUT2D eigenvalue weighted by molar-refractivity contribution is 0.242. The van der Waals surface area contributed by atoms with E-state index >= 15 is 0 Å². The molecule has 0 bridgehead atoms. The first-order valence-corrected chi connectivity index (χ1v) is 11.4. The normalized spacial score (nSPS) is 18.4. The highest BCUT2D eigenvalue weighted by Gasteiger charge is 2.18. The van der Waals surface area contributed by atoms with Gasteiger partial charge in [0.2, 0.25) is 0 Å². The number of hydrogen-bond donors (Lipinski definition) is 2. The fraction of sp³-hybridized carbons (Fsp3) is 0.194. The molecule has 0 saturated heterocycles. The molecule has 1 unspecified atom stereocenters. The molecule has 0 amide bonds. The van der Waals surface area contributed by atoms with E-state index in [0.29, 0.717) is 12.4 Å². The quantitative estimate of drug-likeness (QED) is 0.179. The lowest BCUT2D eigenvalue weighted by Gasteiger charge is -2.08. The molecular formula is C31H37N3O. The number of hydrogen-bond acceptors (Lipinski definition) is 3. The first kappa shape index (κ1) is 28.8. The van der Waals surface area contributed by atoms with Crippen molar-refractivity contribution < 1.29 is 4.74 Å². The van der Waals surface area contributed by atoms with Crippen LogP contribution in [0.5, 0.6) is 0 Å². The number of amidine groups is 1. The number of terminal acetylenes is 1. The molecule has 1 aliphatic heterocycles. The second kappa shape index (κ2) is 16.4. The Bertz CT molecular complexity index is 1090. The third kappa shape index (κ3) is 11.0. The van der Waals surface area contributed by atoms with Gasteiger partial charge in [-0.15, -0.1) is 6.42 Å². The number of nitrogens with one attached hydrogen (secondary N) is 2. The zero-order valence-electron chi connectivity index (χ0n) is 21.3. The van der Waals surface area contributed by atoms with Crippen LogP contribution in [0.25, 0.3) is 0 Å². The van der Waals surface area contributed by atoms with E-state index in [9.17, 15) is 0 Å². The number of ether oxygens (including phenoxy) is 1. The maximum atomic E-state index is 5.80. The number of nitrogens with zero attached hydrogens (tertiary/aromatic N) is 1. The lowest BCUT2D eigenvalue weighted by atomic mass is 10.1. The molecule has 1 atom stereocenters. The molecule has 0 aromatic rings. The van der Waals surface area contributed by atoms with Gasteiger partial charge in [0.15, 0.2) is 0 Å². The van der Waals surface area contributed by atoms with E-state index in [4.69, 9.17) is 11.2 Å². The number of aliphatic imine (C=N–C) groups is 1. The van der Waals surface area contributed by atoms with Gasteiger partial charge in [-0.05, 0) is 63.1 Å². The molecule has 1 aliphatic rings. The monoisotopic (exact) mass is 467 g/mol. The maximum Gasteiger partial charge on any atom is 0.135 e. The predicted molar refractivity (Wildman–Crippen MR) is 152 cm³/mol. The summed E-state index contributed by atoms with van der Waals surface area (Å²) < 4.78 is 5.80. The molecule has 1 rings (SSSR count). The minimum Gasteiger partial charge on any atom is -0.494 e. The molecule has 0 aliphatic carbocycles. The van der Waals surface area contributed by atoms with E-state index < -0.39 is 0 Å². The molecule has 0 spiro atoms. The van der Waals surface area contributed by atoms with E-state index in [1.807, 2.05) is 88.6 Å². The topological polar surface area (TPSA) is 45.7 Å². The fourth-order valence-corrected chi connectivity index (χ4v) is 2.77. The van der Waals surface area contributed by atoms with Gasteiger partial charge in [0.25, 0.3) is 0 Å². The molecule has 2 N–H and O–H groups in total. The second-order valence-electron chi connectivity index (χ2n) is 7.63. The summed E-state index contributed by atoms with van der Waals surface area (Å²) in [6, 6.07) is -0.260. The maximum absolute atomic E-state index is 5.80. The van der Waals surface area contributed by atoms with Gasteiger partial charge >= 0.3 is 0 Å². The van der Waals surface area contributed by atoms with Crippen molar-refractivity contribution in [2.24, 2.45) is 4.99 Å². The Hall–Kier alpha value is -4.23. The summed E-state index contributed by atoms with van der Waals surface area (Å²) in [5.74, 6) is 4.13. The number of rotatable bonds is 13. The van der Waals surface area contributed by atoms with Gasteiger partial charge in [-0.25, -0.2) is 0 Å². The Balaban J connectivity index is 3.09. The van der Waals surface area contributed by atoms with Crippen LogP contribution in [-0.2, 0) is 4.74 Å². The molecule has 35 heavy (non-hydrogen) atoms. The van der Waals surface area contributed by atoms with Crippen LogP contribution in [-0.4, -0.2) is 18.5 Å². The summed E-state index contributed by atoms with van der Waals surface area (Å²) in [4.78, 5) is 4.61. The second-order valence-corrected chi connectivity index (χ2v) is 7.63. The van der Waals surface area contributed by atoms with Crippen molar-refractivity contribution in [1.29, 1.82) is 0 Å². The summed E-state index contributed by atoms with van der Waals surface area (Å²) in [6.07, 6.45) is 30.2. The van der Waals surface area contributed by atoms with E-state index in [1.54, 1.807) is 18.2 Å². The van der Waals surface area contributed by atoms with Crippen molar-refractivity contribution in [3.8, 4) is 12.3 Å². The van der Waals surface area contributed by atoms with Gasteiger partial charge < -0.3 is 15.4 Å². The van der Waals surface area contributed by atoms with Crippen LogP contribution in [0.1, 0.15) is 27.7 Å². The van der Waals surface area contributed by atoms with Crippen LogP contribution >= 0.6 is 0 Å². The van der Waals surface area contributed by atoms with Crippen molar-refractivity contribution in [3.63, 3.8) is 0 Å². The van der Waals surface area contributed by atoms with Gasteiger partial charge in [-0.2, -0.15) is 0 Å². The first-order valence-electron chi connectivity index (χ1n) is 11.4. The summed E-state index contributed by atoms with van der Waals surface area (Å²) in [5.41, 5.74) is 4.70.